The van der Waals surface area contributed by atoms with E-state index in [0.29, 0.717) is 11.3 Å². The van der Waals surface area contributed by atoms with Crippen LogP contribution in [-0.4, -0.2) is 20.2 Å². The monoisotopic (exact) mass is 312 g/mol. The molecule has 1 unspecified atom stereocenters. The summed E-state index contributed by atoms with van der Waals surface area (Å²) >= 11 is 3.28. The number of sulfone groups is 1. The Hall–Kier alpha value is -1.32. The van der Waals surface area contributed by atoms with Gasteiger partial charge in [0.15, 0.2) is 9.84 Å². The second-order valence-electron chi connectivity index (χ2n) is 3.71. The molecule has 0 bridgehead atoms. The molecule has 2 rings (SSSR count). The minimum Gasteiger partial charge on any atom is -0.377 e. The number of benzene rings is 1. The molecule has 4 nitrogen and oxygen atoms in total. The van der Waals surface area contributed by atoms with E-state index in [-0.39, 0.29) is 11.8 Å². The molecule has 6 heteroatoms. The fourth-order valence-electron chi connectivity index (χ4n) is 1.60. The number of anilines is 1. The molecule has 88 valence electrons. The predicted molar refractivity (Wildman–Crippen MR) is 69.2 cm³/mol. The van der Waals surface area contributed by atoms with Gasteiger partial charge in [-0.3, -0.25) is 0 Å². The number of nitrogens with zero attached hydrogens (tertiary/aromatic N) is 1. The van der Waals surface area contributed by atoms with Gasteiger partial charge in [0.05, 0.1) is 23.0 Å². The molecule has 0 saturated carbocycles. The van der Waals surface area contributed by atoms with Gasteiger partial charge < -0.3 is 5.32 Å². The number of hydrogen-bond acceptors (Lipinski definition) is 4. The van der Waals surface area contributed by atoms with E-state index in [0.717, 1.165) is 4.47 Å². The van der Waals surface area contributed by atoms with E-state index in [1.807, 2.05) is 0 Å². The SMILES string of the molecule is N#Cc1cc(Br)ccc1NC1C=CS(=O)(=O)C1. The lowest BCUT2D eigenvalue weighted by Gasteiger charge is -2.12. The Morgan fingerprint density at radius 2 is 2.24 bits per heavy atom. The van der Waals surface area contributed by atoms with Crippen LogP contribution in [0.4, 0.5) is 5.69 Å². The van der Waals surface area contributed by atoms with E-state index in [9.17, 15) is 8.42 Å². The maximum absolute atomic E-state index is 11.2. The van der Waals surface area contributed by atoms with Gasteiger partial charge in [0.2, 0.25) is 0 Å². The lowest BCUT2D eigenvalue weighted by molar-refractivity contribution is 0.605. The van der Waals surface area contributed by atoms with Crippen molar-refractivity contribution in [2.45, 2.75) is 6.04 Å². The Labute approximate surface area is 108 Å². The van der Waals surface area contributed by atoms with Crippen molar-refractivity contribution >= 4 is 31.5 Å². The molecule has 1 N–H and O–H groups in total. The van der Waals surface area contributed by atoms with Gasteiger partial charge in [-0.05, 0) is 18.2 Å². The van der Waals surface area contributed by atoms with Gasteiger partial charge in [0.25, 0.3) is 0 Å². The van der Waals surface area contributed by atoms with Crippen LogP contribution in [0.15, 0.2) is 34.2 Å². The zero-order valence-electron chi connectivity index (χ0n) is 8.72. The van der Waals surface area contributed by atoms with Crippen molar-refractivity contribution < 1.29 is 8.42 Å². The molecule has 1 heterocycles. The summed E-state index contributed by atoms with van der Waals surface area (Å²) in [6.45, 7) is 0. The van der Waals surface area contributed by atoms with E-state index >= 15 is 0 Å². The number of rotatable bonds is 2. The fraction of sp³-hybridized carbons (Fsp3) is 0.182. The quantitative estimate of drug-likeness (QED) is 0.907. The molecule has 0 amide bonds. The number of hydrogen-bond donors (Lipinski definition) is 1. The zero-order valence-corrected chi connectivity index (χ0v) is 11.1. The third kappa shape index (κ3) is 2.87. The highest BCUT2D eigenvalue weighted by atomic mass is 79.9. The number of nitriles is 1. The van der Waals surface area contributed by atoms with E-state index in [4.69, 9.17) is 5.26 Å². The van der Waals surface area contributed by atoms with Gasteiger partial charge >= 0.3 is 0 Å². The average Bonchev–Trinajstić information content (AvgIpc) is 2.61. The van der Waals surface area contributed by atoms with Gasteiger partial charge in [-0.25, -0.2) is 8.42 Å². The summed E-state index contributed by atoms with van der Waals surface area (Å²) in [7, 11) is -3.08. The lowest BCUT2D eigenvalue weighted by atomic mass is 10.2. The van der Waals surface area contributed by atoms with Crippen LogP contribution >= 0.6 is 15.9 Å². The molecule has 0 radical (unpaired) electrons. The Bertz CT molecular complexity index is 617. The Balaban J connectivity index is 2.21. The summed E-state index contributed by atoms with van der Waals surface area (Å²) in [5, 5.41) is 13.2. The van der Waals surface area contributed by atoms with Crippen LogP contribution in [-0.2, 0) is 9.84 Å². The van der Waals surface area contributed by atoms with E-state index in [1.165, 1.54) is 5.41 Å². The van der Waals surface area contributed by atoms with Gasteiger partial charge in [-0.15, -0.1) is 0 Å². The Morgan fingerprint density at radius 1 is 1.47 bits per heavy atom. The topological polar surface area (TPSA) is 70.0 Å². The van der Waals surface area contributed by atoms with Gasteiger partial charge in [0, 0.05) is 9.88 Å². The van der Waals surface area contributed by atoms with Gasteiger partial charge in [-0.2, -0.15) is 5.26 Å². The van der Waals surface area contributed by atoms with Crippen LogP contribution in [0.3, 0.4) is 0 Å². The molecule has 0 aromatic heterocycles. The van der Waals surface area contributed by atoms with Crippen LogP contribution in [0.2, 0.25) is 0 Å². The molecule has 1 aromatic carbocycles. The Kier molecular flexibility index (Phi) is 3.22. The van der Waals surface area contributed by atoms with E-state index in [1.54, 1.807) is 24.3 Å². The van der Waals surface area contributed by atoms with Crippen LogP contribution in [0.1, 0.15) is 5.56 Å². The molecule has 1 aromatic rings. The second-order valence-corrected chi connectivity index (χ2v) is 6.56. The van der Waals surface area contributed by atoms with Crippen molar-refractivity contribution in [3.05, 3.63) is 39.7 Å². The van der Waals surface area contributed by atoms with E-state index in [2.05, 4.69) is 27.3 Å². The molecule has 1 atom stereocenters. The first-order valence-corrected chi connectivity index (χ1v) is 7.38. The Morgan fingerprint density at radius 3 is 2.82 bits per heavy atom. The fourth-order valence-corrected chi connectivity index (χ4v) is 3.20. The highest BCUT2D eigenvalue weighted by molar-refractivity contribution is 9.10. The van der Waals surface area contributed by atoms with Gasteiger partial charge in [0.1, 0.15) is 6.07 Å². The summed E-state index contributed by atoms with van der Waals surface area (Å²) in [4.78, 5) is 0. The molecule has 1 aliphatic rings. The molecule has 0 fully saturated rings. The summed E-state index contributed by atoms with van der Waals surface area (Å²) in [6, 6.07) is 7.04. The molecule has 1 aliphatic heterocycles. The van der Waals surface area contributed by atoms with Crippen molar-refractivity contribution in [1.82, 2.24) is 0 Å². The maximum Gasteiger partial charge on any atom is 0.173 e. The standard InChI is InChI=1S/C11H9BrN2O2S/c12-9-1-2-11(8(5-9)6-13)14-10-3-4-17(15,16)7-10/h1-5,10,14H,7H2. The normalized spacial score (nSPS) is 21.1. The average molecular weight is 313 g/mol. The highest BCUT2D eigenvalue weighted by Gasteiger charge is 2.21. The van der Waals surface area contributed by atoms with Crippen molar-refractivity contribution in [1.29, 1.82) is 5.26 Å². The van der Waals surface area contributed by atoms with Crippen molar-refractivity contribution in [2.75, 3.05) is 11.1 Å². The minimum absolute atomic E-state index is 0.0356. The van der Waals surface area contributed by atoms with Crippen LogP contribution in [0.5, 0.6) is 0 Å². The highest BCUT2D eigenvalue weighted by Crippen LogP contribution is 2.22. The molecular weight excluding hydrogens is 304 g/mol. The third-order valence-corrected chi connectivity index (χ3v) is 4.26. The predicted octanol–water partition coefficient (Wildman–Crippen LogP) is 2.04. The lowest BCUT2D eigenvalue weighted by Crippen LogP contribution is -2.21. The van der Waals surface area contributed by atoms with Crippen LogP contribution in [0, 0.1) is 11.3 Å². The van der Waals surface area contributed by atoms with Crippen molar-refractivity contribution in [3.8, 4) is 6.07 Å². The first-order valence-electron chi connectivity index (χ1n) is 4.87. The minimum atomic E-state index is -3.08. The van der Waals surface area contributed by atoms with Crippen LogP contribution < -0.4 is 5.32 Å². The molecule has 0 aliphatic carbocycles. The summed E-state index contributed by atoms with van der Waals surface area (Å²) in [5.41, 5.74) is 1.12. The maximum atomic E-state index is 11.2. The first kappa shape index (κ1) is 12.1. The molecular formula is C11H9BrN2O2S. The largest absolute Gasteiger partial charge is 0.377 e. The first-order chi connectivity index (χ1) is 8.00. The van der Waals surface area contributed by atoms with Crippen molar-refractivity contribution in [2.24, 2.45) is 0 Å². The molecule has 0 saturated heterocycles. The number of nitrogens with one attached hydrogen (secondary N) is 1. The number of halogens is 1. The van der Waals surface area contributed by atoms with E-state index < -0.39 is 9.84 Å². The summed E-state index contributed by atoms with van der Waals surface area (Å²) in [5.74, 6) is 0.0356. The second kappa shape index (κ2) is 4.51. The summed E-state index contributed by atoms with van der Waals surface area (Å²) in [6.07, 6.45) is 1.60. The zero-order chi connectivity index (χ0) is 12.5. The third-order valence-electron chi connectivity index (χ3n) is 2.37. The van der Waals surface area contributed by atoms with Crippen LogP contribution in [0.25, 0.3) is 0 Å². The smallest absolute Gasteiger partial charge is 0.173 e. The molecule has 0 spiro atoms. The van der Waals surface area contributed by atoms with Crippen molar-refractivity contribution in [3.63, 3.8) is 0 Å². The summed E-state index contributed by atoms with van der Waals surface area (Å²) < 4.78 is 23.3. The molecule has 17 heavy (non-hydrogen) atoms. The van der Waals surface area contributed by atoms with Gasteiger partial charge in [-0.1, -0.05) is 22.0 Å².